The summed E-state index contributed by atoms with van der Waals surface area (Å²) in [6, 6.07) is 0. The number of primary amides is 1. The third kappa shape index (κ3) is 4.43. The van der Waals surface area contributed by atoms with Crippen LogP contribution in [-0.4, -0.2) is 41.6 Å². The summed E-state index contributed by atoms with van der Waals surface area (Å²) in [6.45, 7) is 8.21. The van der Waals surface area contributed by atoms with Gasteiger partial charge in [-0.3, -0.25) is 14.3 Å². The van der Waals surface area contributed by atoms with Crippen LogP contribution in [0.15, 0.2) is 5.16 Å². The van der Waals surface area contributed by atoms with Crippen molar-refractivity contribution in [1.29, 1.82) is 0 Å². The normalized spacial score (nSPS) is 12.2. The molecule has 2 rings (SSSR count). The third-order valence-corrected chi connectivity index (χ3v) is 5.19. The van der Waals surface area contributed by atoms with Crippen molar-refractivity contribution < 1.29 is 9.59 Å². The van der Waals surface area contributed by atoms with Crippen LogP contribution in [0, 0.1) is 13.8 Å². The first-order chi connectivity index (χ1) is 12.2. The molecule has 10 heteroatoms. The first-order valence-corrected chi connectivity index (χ1v) is 9.30. The molecule has 3 N–H and O–H groups in total. The molecule has 0 unspecified atom stereocenters. The Bertz CT molecular complexity index is 812. The van der Waals surface area contributed by atoms with Crippen LogP contribution in [0.2, 0.25) is 0 Å². The van der Waals surface area contributed by atoms with Crippen LogP contribution >= 0.6 is 11.8 Å². The molecule has 1 atom stereocenters. The Morgan fingerprint density at radius 2 is 2.00 bits per heavy atom. The van der Waals surface area contributed by atoms with Crippen molar-refractivity contribution >= 4 is 29.3 Å². The number of nitrogens with two attached hydrogens (primary N) is 1. The van der Waals surface area contributed by atoms with E-state index in [1.165, 1.54) is 11.8 Å². The maximum Gasteiger partial charge on any atom is 0.237 e. The molecule has 2 aromatic heterocycles. The number of anilines is 1. The van der Waals surface area contributed by atoms with Crippen LogP contribution < -0.4 is 11.1 Å². The number of nitrogens with one attached hydrogen (secondary N) is 1. The first kappa shape index (κ1) is 20.0. The molecule has 0 spiro atoms. The van der Waals surface area contributed by atoms with Gasteiger partial charge >= 0.3 is 0 Å². The van der Waals surface area contributed by atoms with E-state index < -0.39 is 0 Å². The number of nitrogens with zero attached hydrogens (tertiary/aromatic N) is 5. The van der Waals surface area contributed by atoms with Gasteiger partial charge in [0.2, 0.25) is 11.8 Å². The molecule has 0 aliphatic heterocycles. The highest BCUT2D eigenvalue weighted by Crippen LogP contribution is 2.25. The van der Waals surface area contributed by atoms with Gasteiger partial charge in [-0.2, -0.15) is 5.10 Å². The zero-order chi connectivity index (χ0) is 19.4. The maximum atomic E-state index is 12.6. The average molecular weight is 379 g/mol. The average Bonchev–Trinajstić information content (AvgIpc) is 3.07. The van der Waals surface area contributed by atoms with E-state index in [0.717, 1.165) is 17.1 Å². The summed E-state index contributed by atoms with van der Waals surface area (Å²) in [7, 11) is 1.84. The highest BCUT2D eigenvalue weighted by Gasteiger charge is 2.22. The van der Waals surface area contributed by atoms with Gasteiger partial charge in [0.15, 0.2) is 5.16 Å². The molecule has 9 nitrogen and oxygen atoms in total. The number of carbonyl (C=O) groups excluding carboxylic acids is 2. The Labute approximate surface area is 156 Å². The predicted molar refractivity (Wildman–Crippen MR) is 99.8 cm³/mol. The molecule has 0 fully saturated rings. The molecule has 0 radical (unpaired) electrons. The Morgan fingerprint density at radius 1 is 1.31 bits per heavy atom. The van der Waals surface area contributed by atoms with E-state index >= 15 is 0 Å². The van der Waals surface area contributed by atoms with Crippen LogP contribution in [0.1, 0.15) is 37.5 Å². The van der Waals surface area contributed by atoms with Gasteiger partial charge < -0.3 is 15.6 Å². The van der Waals surface area contributed by atoms with Crippen LogP contribution in [0.25, 0.3) is 0 Å². The molecule has 26 heavy (non-hydrogen) atoms. The largest absolute Gasteiger partial charge is 0.370 e. The van der Waals surface area contributed by atoms with E-state index in [0.29, 0.717) is 23.9 Å². The van der Waals surface area contributed by atoms with Gasteiger partial charge in [-0.15, -0.1) is 10.2 Å². The number of amides is 2. The fraction of sp³-hybridized carbons (Fsp3) is 0.562. The summed E-state index contributed by atoms with van der Waals surface area (Å²) >= 11 is 1.33. The van der Waals surface area contributed by atoms with Crippen LogP contribution in [0.3, 0.4) is 0 Å². The van der Waals surface area contributed by atoms with Crippen LogP contribution in [0.4, 0.5) is 5.69 Å². The van der Waals surface area contributed by atoms with Crippen molar-refractivity contribution in [3.8, 4) is 0 Å². The van der Waals surface area contributed by atoms with E-state index in [1.54, 1.807) is 4.68 Å². The number of aromatic nitrogens is 5. The van der Waals surface area contributed by atoms with E-state index in [-0.39, 0.29) is 23.5 Å². The Hall–Kier alpha value is -2.36. The second-order valence-electron chi connectivity index (χ2n) is 6.03. The quantitative estimate of drug-likeness (QED) is 0.665. The number of aryl methyl sites for hydroxylation is 3. The van der Waals surface area contributed by atoms with E-state index in [1.807, 2.05) is 39.3 Å². The summed E-state index contributed by atoms with van der Waals surface area (Å²) in [5.74, 6) is 0.193. The lowest BCUT2D eigenvalue weighted by Gasteiger charge is -2.13. The molecule has 0 aliphatic carbocycles. The van der Waals surface area contributed by atoms with Gasteiger partial charge in [-0.25, -0.2) is 0 Å². The number of hydrogen-bond donors (Lipinski definition) is 2. The summed E-state index contributed by atoms with van der Waals surface area (Å²) in [5, 5.41) is 15.8. The third-order valence-electron chi connectivity index (χ3n) is 4.11. The molecule has 0 aliphatic rings. The monoisotopic (exact) mass is 379 g/mol. The molecule has 142 valence electrons. The minimum absolute atomic E-state index is 0.126. The van der Waals surface area contributed by atoms with Gasteiger partial charge in [0, 0.05) is 26.4 Å². The Balaban J connectivity index is 2.08. The Kier molecular flexibility index (Phi) is 6.41. The predicted octanol–water partition coefficient (Wildman–Crippen LogP) is 1.19. The van der Waals surface area contributed by atoms with Crippen LogP contribution in [-0.2, 0) is 29.6 Å². The number of carbonyl (C=O) groups is 2. The SMILES string of the molecule is CCn1c(CCC(N)=O)nnc1S[C@H](C)C(=O)Nc1c(C)nn(C)c1C. The van der Waals surface area contributed by atoms with E-state index in [2.05, 4.69) is 20.6 Å². The maximum absolute atomic E-state index is 12.6. The molecule has 2 aromatic rings. The van der Waals surface area contributed by atoms with Crippen molar-refractivity contribution in [1.82, 2.24) is 24.5 Å². The molecular weight excluding hydrogens is 354 g/mol. The zero-order valence-electron chi connectivity index (χ0n) is 15.7. The zero-order valence-corrected chi connectivity index (χ0v) is 16.6. The van der Waals surface area contributed by atoms with Gasteiger partial charge in [0.25, 0.3) is 0 Å². The molecule has 0 saturated carbocycles. The highest BCUT2D eigenvalue weighted by atomic mass is 32.2. The second-order valence-corrected chi connectivity index (χ2v) is 7.34. The van der Waals surface area contributed by atoms with Crippen molar-refractivity contribution in [2.75, 3.05) is 5.32 Å². The summed E-state index contributed by atoms with van der Waals surface area (Å²) in [4.78, 5) is 23.5. The first-order valence-electron chi connectivity index (χ1n) is 8.42. The summed E-state index contributed by atoms with van der Waals surface area (Å²) < 4.78 is 3.64. The van der Waals surface area contributed by atoms with E-state index in [4.69, 9.17) is 5.73 Å². The highest BCUT2D eigenvalue weighted by molar-refractivity contribution is 8.00. The number of rotatable bonds is 8. The standard InChI is InChI=1S/C16H25N7O2S/c1-6-23-13(8-7-12(17)24)19-20-16(23)26-11(4)15(25)18-14-9(2)21-22(5)10(14)3/h11H,6-8H2,1-5H3,(H2,17,24)(H,18,25)/t11-/m1/s1. The molecule has 0 saturated heterocycles. The lowest BCUT2D eigenvalue weighted by atomic mass is 10.3. The van der Waals surface area contributed by atoms with Gasteiger partial charge in [-0.1, -0.05) is 11.8 Å². The molecule has 0 aromatic carbocycles. The molecule has 2 amide bonds. The van der Waals surface area contributed by atoms with Crippen molar-refractivity contribution in [2.45, 2.75) is 57.5 Å². The van der Waals surface area contributed by atoms with Crippen molar-refractivity contribution in [3.63, 3.8) is 0 Å². The Morgan fingerprint density at radius 3 is 2.54 bits per heavy atom. The minimum atomic E-state index is -0.375. The molecule has 2 heterocycles. The number of thioether (sulfide) groups is 1. The van der Waals surface area contributed by atoms with Gasteiger partial charge in [0.1, 0.15) is 5.82 Å². The fourth-order valence-corrected chi connectivity index (χ4v) is 3.47. The topological polar surface area (TPSA) is 121 Å². The minimum Gasteiger partial charge on any atom is -0.370 e. The van der Waals surface area contributed by atoms with Gasteiger partial charge in [0.05, 0.1) is 22.3 Å². The van der Waals surface area contributed by atoms with Gasteiger partial charge in [-0.05, 0) is 27.7 Å². The van der Waals surface area contributed by atoms with Crippen LogP contribution in [0.5, 0.6) is 0 Å². The number of hydrogen-bond acceptors (Lipinski definition) is 6. The lowest BCUT2D eigenvalue weighted by molar-refractivity contribution is -0.118. The smallest absolute Gasteiger partial charge is 0.237 e. The summed E-state index contributed by atoms with van der Waals surface area (Å²) in [5.41, 5.74) is 7.62. The second kappa shape index (κ2) is 8.35. The molecular formula is C16H25N7O2S. The lowest BCUT2D eigenvalue weighted by Crippen LogP contribution is -2.23. The summed E-state index contributed by atoms with van der Waals surface area (Å²) in [6.07, 6.45) is 0.657. The van der Waals surface area contributed by atoms with Crippen molar-refractivity contribution in [2.24, 2.45) is 12.8 Å². The van der Waals surface area contributed by atoms with E-state index in [9.17, 15) is 9.59 Å². The molecule has 0 bridgehead atoms. The fourth-order valence-electron chi connectivity index (χ4n) is 2.53. The van der Waals surface area contributed by atoms with Crippen molar-refractivity contribution in [3.05, 3.63) is 17.2 Å².